The minimum absolute atomic E-state index is 0.0302. The molecule has 1 aliphatic heterocycles. The summed E-state index contributed by atoms with van der Waals surface area (Å²) in [5.74, 6) is 1.92. The number of nitrogens with zero attached hydrogens (tertiary/aromatic N) is 1. The minimum atomic E-state index is -0.882. The van der Waals surface area contributed by atoms with Crippen molar-refractivity contribution < 1.29 is 19.0 Å². The highest BCUT2D eigenvalue weighted by Gasteiger charge is 2.53. The van der Waals surface area contributed by atoms with Gasteiger partial charge in [0.25, 0.3) is 0 Å². The van der Waals surface area contributed by atoms with Crippen LogP contribution in [0.4, 0.5) is 5.69 Å². The molecule has 0 saturated heterocycles. The largest absolute Gasteiger partial charge is 0.496 e. The van der Waals surface area contributed by atoms with Gasteiger partial charge in [-0.05, 0) is 28.3 Å². The zero-order chi connectivity index (χ0) is 21.8. The fraction of sp³-hybridized carbons (Fsp3) is 0.192. The average Bonchev–Trinajstić information content (AvgIpc) is 3.27. The van der Waals surface area contributed by atoms with Crippen LogP contribution in [0, 0.1) is 0 Å². The molecule has 0 fully saturated rings. The van der Waals surface area contributed by atoms with Crippen molar-refractivity contribution in [2.24, 2.45) is 0 Å². The molecular weight excluding hydrogens is 390 g/mol. The number of methoxy groups -OCH3 is 3. The van der Waals surface area contributed by atoms with E-state index in [4.69, 9.17) is 14.2 Å². The predicted molar refractivity (Wildman–Crippen MR) is 120 cm³/mol. The summed E-state index contributed by atoms with van der Waals surface area (Å²) in [6.07, 6.45) is 2.06. The lowest BCUT2D eigenvalue weighted by Gasteiger charge is -2.22. The van der Waals surface area contributed by atoms with Crippen LogP contribution in [-0.4, -0.2) is 34.3 Å². The highest BCUT2D eigenvalue weighted by Crippen LogP contribution is 2.56. The second kappa shape index (κ2) is 6.91. The molecule has 0 radical (unpaired) electrons. The first-order valence-electron chi connectivity index (χ1n) is 10.1. The Labute approximate surface area is 181 Å². The molecule has 31 heavy (non-hydrogen) atoms. The van der Waals surface area contributed by atoms with Crippen molar-refractivity contribution in [3.63, 3.8) is 0 Å². The molecule has 3 aromatic rings. The first-order chi connectivity index (χ1) is 15.1. The van der Waals surface area contributed by atoms with Crippen molar-refractivity contribution in [1.29, 1.82) is 0 Å². The van der Waals surface area contributed by atoms with Gasteiger partial charge in [0.05, 0.1) is 26.9 Å². The number of fused-ring (bicyclic) bond motifs is 4. The average molecular weight is 413 g/mol. The second-order valence-corrected chi connectivity index (χ2v) is 7.70. The molecule has 5 rings (SSSR count). The standard InChI is InChI=1S/C26H23NO4/c1-27-21-12-8-7-11-20(21)26(25(27)28)15-18(17-9-5-6-10-19(17)26)24-22(30-3)13-16(29-2)14-23(24)31-4/h5-15H,1-4H3. The summed E-state index contributed by atoms with van der Waals surface area (Å²) in [6.45, 7) is 0. The Bertz CT molecular complexity index is 1220. The highest BCUT2D eigenvalue weighted by molar-refractivity contribution is 6.15. The molecule has 156 valence electrons. The number of carbonyl (C=O) groups is 1. The zero-order valence-corrected chi connectivity index (χ0v) is 17.9. The fourth-order valence-electron chi connectivity index (χ4n) is 4.90. The van der Waals surface area contributed by atoms with Crippen molar-refractivity contribution in [3.8, 4) is 17.2 Å². The van der Waals surface area contributed by atoms with E-state index in [2.05, 4.69) is 6.08 Å². The van der Waals surface area contributed by atoms with E-state index in [1.165, 1.54) is 0 Å². The van der Waals surface area contributed by atoms with Crippen molar-refractivity contribution in [2.75, 3.05) is 33.3 Å². The molecule has 1 atom stereocenters. The van der Waals surface area contributed by atoms with Crippen LogP contribution in [0.25, 0.3) is 5.57 Å². The van der Waals surface area contributed by atoms with Crippen LogP contribution in [0.15, 0.2) is 66.7 Å². The zero-order valence-electron chi connectivity index (χ0n) is 17.9. The van der Waals surface area contributed by atoms with Gasteiger partial charge in [-0.25, -0.2) is 0 Å². The Kier molecular flexibility index (Phi) is 4.29. The molecule has 2 aliphatic rings. The van der Waals surface area contributed by atoms with Crippen LogP contribution in [0.2, 0.25) is 0 Å². The van der Waals surface area contributed by atoms with Gasteiger partial charge in [0.1, 0.15) is 22.7 Å². The van der Waals surface area contributed by atoms with Gasteiger partial charge in [-0.15, -0.1) is 0 Å². The van der Waals surface area contributed by atoms with E-state index in [1.807, 2.05) is 67.7 Å². The van der Waals surface area contributed by atoms with Crippen LogP contribution in [0.1, 0.15) is 22.3 Å². The normalized spacial score (nSPS) is 18.6. The Morgan fingerprint density at radius 3 is 2.06 bits per heavy atom. The maximum absolute atomic E-state index is 13.7. The lowest BCUT2D eigenvalue weighted by molar-refractivity contribution is -0.120. The molecule has 1 unspecified atom stereocenters. The van der Waals surface area contributed by atoms with Crippen LogP contribution in [0.5, 0.6) is 17.2 Å². The van der Waals surface area contributed by atoms with Crippen molar-refractivity contribution >= 4 is 17.2 Å². The number of anilines is 1. The Morgan fingerprint density at radius 2 is 1.42 bits per heavy atom. The molecule has 1 heterocycles. The van der Waals surface area contributed by atoms with E-state index in [9.17, 15) is 4.79 Å². The van der Waals surface area contributed by atoms with Gasteiger partial charge < -0.3 is 19.1 Å². The Hall–Kier alpha value is -3.73. The van der Waals surface area contributed by atoms with Crippen molar-refractivity contribution in [1.82, 2.24) is 0 Å². The van der Waals surface area contributed by atoms with Gasteiger partial charge in [-0.3, -0.25) is 4.79 Å². The lowest BCUT2D eigenvalue weighted by Crippen LogP contribution is -2.37. The summed E-state index contributed by atoms with van der Waals surface area (Å²) in [4.78, 5) is 15.5. The van der Waals surface area contributed by atoms with Gasteiger partial charge in [0.2, 0.25) is 5.91 Å². The summed E-state index contributed by atoms with van der Waals surface area (Å²) in [5.41, 5.74) is 4.69. The first-order valence-corrected chi connectivity index (χ1v) is 10.1. The quantitative estimate of drug-likeness (QED) is 0.635. The van der Waals surface area contributed by atoms with Crippen LogP contribution in [-0.2, 0) is 10.2 Å². The van der Waals surface area contributed by atoms with Crippen LogP contribution in [0.3, 0.4) is 0 Å². The van der Waals surface area contributed by atoms with E-state index >= 15 is 0 Å². The number of amides is 1. The molecule has 5 heteroatoms. The third-order valence-corrected chi connectivity index (χ3v) is 6.32. The third kappa shape index (κ3) is 2.46. The van der Waals surface area contributed by atoms with Gasteiger partial charge in [-0.2, -0.15) is 0 Å². The maximum Gasteiger partial charge on any atom is 0.245 e. The number of likely N-dealkylation sites (N-methyl/N-ethyl adjacent to an activating group) is 1. The number of benzene rings is 3. The Balaban J connectivity index is 1.85. The number of carbonyl (C=O) groups excluding carboxylic acids is 1. The fourth-order valence-corrected chi connectivity index (χ4v) is 4.90. The predicted octanol–water partition coefficient (Wildman–Crippen LogP) is 4.42. The summed E-state index contributed by atoms with van der Waals surface area (Å²) in [5, 5.41) is 0. The van der Waals surface area contributed by atoms with E-state index in [0.717, 1.165) is 33.5 Å². The summed E-state index contributed by atoms with van der Waals surface area (Å²) in [6, 6.07) is 19.7. The highest BCUT2D eigenvalue weighted by atomic mass is 16.5. The molecule has 1 amide bonds. The molecule has 3 aromatic carbocycles. The molecule has 1 aliphatic carbocycles. The molecule has 1 spiro atoms. The molecule has 0 saturated carbocycles. The second-order valence-electron chi connectivity index (χ2n) is 7.70. The Morgan fingerprint density at radius 1 is 0.806 bits per heavy atom. The SMILES string of the molecule is COc1cc(OC)c(C2=CC3(C(=O)N(C)c4ccccc43)c3ccccc32)c(OC)c1. The summed E-state index contributed by atoms with van der Waals surface area (Å²) < 4.78 is 16.9. The molecule has 0 aromatic heterocycles. The first kappa shape index (κ1) is 19.2. The van der Waals surface area contributed by atoms with Gasteiger partial charge in [0, 0.05) is 24.9 Å². The third-order valence-electron chi connectivity index (χ3n) is 6.32. The van der Waals surface area contributed by atoms with Crippen LogP contribution >= 0.6 is 0 Å². The van der Waals surface area contributed by atoms with Gasteiger partial charge in [-0.1, -0.05) is 48.5 Å². The van der Waals surface area contributed by atoms with Crippen molar-refractivity contribution in [2.45, 2.75) is 5.41 Å². The number of hydrogen-bond donors (Lipinski definition) is 0. The molecular formula is C26H23NO4. The number of para-hydroxylation sites is 1. The monoisotopic (exact) mass is 413 g/mol. The van der Waals surface area contributed by atoms with E-state index in [1.54, 1.807) is 26.2 Å². The summed E-state index contributed by atoms with van der Waals surface area (Å²) >= 11 is 0. The van der Waals surface area contributed by atoms with E-state index in [-0.39, 0.29) is 5.91 Å². The van der Waals surface area contributed by atoms with Gasteiger partial charge in [0.15, 0.2) is 0 Å². The molecule has 0 bridgehead atoms. The minimum Gasteiger partial charge on any atom is -0.496 e. The van der Waals surface area contributed by atoms with E-state index < -0.39 is 5.41 Å². The number of hydrogen-bond acceptors (Lipinski definition) is 4. The summed E-state index contributed by atoms with van der Waals surface area (Å²) in [7, 11) is 6.69. The molecule has 5 nitrogen and oxygen atoms in total. The molecule has 0 N–H and O–H groups in total. The maximum atomic E-state index is 13.7. The smallest absolute Gasteiger partial charge is 0.245 e. The number of ether oxygens (including phenoxy) is 3. The topological polar surface area (TPSA) is 48.0 Å². The number of rotatable bonds is 4. The van der Waals surface area contributed by atoms with Crippen molar-refractivity contribution in [3.05, 3.63) is 89.0 Å². The van der Waals surface area contributed by atoms with Crippen LogP contribution < -0.4 is 19.1 Å². The van der Waals surface area contributed by atoms with E-state index in [0.29, 0.717) is 17.2 Å². The van der Waals surface area contributed by atoms with Gasteiger partial charge >= 0.3 is 0 Å². The lowest BCUT2D eigenvalue weighted by atomic mass is 9.77.